The maximum Gasteiger partial charge on any atom is 0.226 e. The van der Waals surface area contributed by atoms with Gasteiger partial charge in [-0.25, -0.2) is 0 Å². The summed E-state index contributed by atoms with van der Waals surface area (Å²) >= 11 is 0. The van der Waals surface area contributed by atoms with E-state index in [1.54, 1.807) is 20.4 Å². The molecule has 3 aromatic rings. The topological polar surface area (TPSA) is 60.9 Å². The molecule has 0 unspecified atom stereocenters. The highest BCUT2D eigenvalue weighted by molar-refractivity contribution is 5.84. The zero-order chi connectivity index (χ0) is 20.9. The third-order valence-corrected chi connectivity index (χ3v) is 5.49. The SMILES string of the molecule is COc1ccc(CC(=O)N2CCC(Oc3cccc4cccnc34)CC2)cc1OC. The van der Waals surface area contributed by atoms with Crippen LogP contribution in [0.5, 0.6) is 17.2 Å². The van der Waals surface area contributed by atoms with Crippen LogP contribution in [0.3, 0.4) is 0 Å². The van der Waals surface area contributed by atoms with Crippen molar-refractivity contribution < 1.29 is 19.0 Å². The van der Waals surface area contributed by atoms with Crippen LogP contribution < -0.4 is 14.2 Å². The van der Waals surface area contributed by atoms with Crippen molar-refractivity contribution in [3.63, 3.8) is 0 Å². The van der Waals surface area contributed by atoms with Crippen LogP contribution >= 0.6 is 0 Å². The Morgan fingerprint density at radius 2 is 1.77 bits per heavy atom. The molecule has 0 atom stereocenters. The highest BCUT2D eigenvalue weighted by Gasteiger charge is 2.24. The Morgan fingerprint density at radius 1 is 1.00 bits per heavy atom. The molecule has 0 saturated carbocycles. The number of nitrogens with zero attached hydrogens (tertiary/aromatic N) is 2. The number of methoxy groups -OCH3 is 2. The van der Waals surface area contributed by atoms with E-state index in [1.807, 2.05) is 53.4 Å². The number of ether oxygens (including phenoxy) is 3. The predicted molar refractivity (Wildman–Crippen MR) is 115 cm³/mol. The van der Waals surface area contributed by atoms with Crippen molar-refractivity contribution in [2.75, 3.05) is 27.3 Å². The minimum atomic E-state index is 0.0859. The first-order valence-corrected chi connectivity index (χ1v) is 10.2. The molecule has 1 aromatic heterocycles. The van der Waals surface area contributed by atoms with Crippen molar-refractivity contribution in [1.29, 1.82) is 0 Å². The van der Waals surface area contributed by atoms with Crippen molar-refractivity contribution >= 4 is 16.8 Å². The summed E-state index contributed by atoms with van der Waals surface area (Å²) < 4.78 is 16.8. The van der Waals surface area contributed by atoms with Gasteiger partial charge in [-0.05, 0) is 29.8 Å². The lowest BCUT2D eigenvalue weighted by Gasteiger charge is -2.32. The number of hydrogen-bond donors (Lipinski definition) is 0. The molecule has 30 heavy (non-hydrogen) atoms. The fourth-order valence-electron chi connectivity index (χ4n) is 3.85. The molecule has 1 amide bonds. The maximum absolute atomic E-state index is 12.8. The van der Waals surface area contributed by atoms with Crippen LogP contribution in [0.2, 0.25) is 0 Å². The molecule has 1 fully saturated rings. The van der Waals surface area contributed by atoms with Gasteiger partial charge >= 0.3 is 0 Å². The molecule has 6 heteroatoms. The number of carbonyl (C=O) groups is 1. The van der Waals surface area contributed by atoms with Crippen LogP contribution in [0.25, 0.3) is 10.9 Å². The molecular formula is C24H26N2O4. The maximum atomic E-state index is 12.8. The van der Waals surface area contributed by atoms with Crippen LogP contribution in [0, 0.1) is 0 Å². The summed E-state index contributed by atoms with van der Waals surface area (Å²) in [6.07, 6.45) is 3.83. The first-order chi connectivity index (χ1) is 14.7. The Morgan fingerprint density at radius 3 is 2.53 bits per heavy atom. The second-order valence-electron chi connectivity index (χ2n) is 7.40. The lowest BCUT2D eigenvalue weighted by atomic mass is 10.1. The van der Waals surface area contributed by atoms with E-state index >= 15 is 0 Å². The fourth-order valence-corrected chi connectivity index (χ4v) is 3.85. The summed E-state index contributed by atoms with van der Waals surface area (Å²) in [6.45, 7) is 1.38. The Kier molecular flexibility index (Phi) is 6.02. The van der Waals surface area contributed by atoms with E-state index in [-0.39, 0.29) is 12.0 Å². The molecule has 0 aliphatic carbocycles. The third-order valence-electron chi connectivity index (χ3n) is 5.49. The van der Waals surface area contributed by atoms with E-state index < -0.39 is 0 Å². The van der Waals surface area contributed by atoms with Gasteiger partial charge in [0.15, 0.2) is 11.5 Å². The number of benzene rings is 2. The normalized spacial score (nSPS) is 14.5. The first-order valence-electron chi connectivity index (χ1n) is 10.2. The van der Waals surface area contributed by atoms with Crippen LogP contribution in [-0.4, -0.2) is 49.2 Å². The Hall–Kier alpha value is -3.28. The average Bonchev–Trinajstić information content (AvgIpc) is 2.79. The number of carbonyl (C=O) groups excluding carboxylic acids is 1. The smallest absolute Gasteiger partial charge is 0.226 e. The van der Waals surface area contributed by atoms with Gasteiger partial charge in [0.1, 0.15) is 17.4 Å². The minimum absolute atomic E-state index is 0.0859. The zero-order valence-electron chi connectivity index (χ0n) is 17.3. The number of hydrogen-bond acceptors (Lipinski definition) is 5. The van der Waals surface area contributed by atoms with Gasteiger partial charge < -0.3 is 19.1 Å². The van der Waals surface area contributed by atoms with Gasteiger partial charge in [-0.1, -0.05) is 24.3 Å². The molecule has 4 rings (SSSR count). The van der Waals surface area contributed by atoms with Crippen LogP contribution in [0.15, 0.2) is 54.7 Å². The Balaban J connectivity index is 1.34. The molecule has 0 bridgehead atoms. The summed E-state index contributed by atoms with van der Waals surface area (Å²) in [6, 6.07) is 15.5. The quantitative estimate of drug-likeness (QED) is 0.622. The number of amides is 1. The monoisotopic (exact) mass is 406 g/mol. The molecule has 2 aromatic carbocycles. The number of aromatic nitrogens is 1. The van der Waals surface area contributed by atoms with E-state index in [2.05, 4.69) is 4.98 Å². The number of fused-ring (bicyclic) bond motifs is 1. The Labute approximate surface area is 176 Å². The molecule has 156 valence electrons. The number of rotatable bonds is 6. The van der Waals surface area contributed by atoms with Gasteiger partial charge in [-0.3, -0.25) is 9.78 Å². The number of pyridine rings is 1. The van der Waals surface area contributed by atoms with Gasteiger partial charge in [0.25, 0.3) is 0 Å². The lowest BCUT2D eigenvalue weighted by Crippen LogP contribution is -2.42. The molecule has 2 heterocycles. The largest absolute Gasteiger partial charge is 0.493 e. The minimum Gasteiger partial charge on any atom is -0.493 e. The highest BCUT2D eigenvalue weighted by atomic mass is 16.5. The summed E-state index contributed by atoms with van der Waals surface area (Å²) in [4.78, 5) is 19.1. The van der Waals surface area contributed by atoms with Gasteiger partial charge in [0, 0.05) is 37.5 Å². The van der Waals surface area contributed by atoms with E-state index in [1.165, 1.54) is 0 Å². The second kappa shape index (κ2) is 9.03. The molecule has 0 radical (unpaired) electrons. The predicted octanol–water partition coefficient (Wildman–Crippen LogP) is 3.86. The average molecular weight is 406 g/mol. The summed E-state index contributed by atoms with van der Waals surface area (Å²) in [5.74, 6) is 2.23. The number of piperidine rings is 1. The highest BCUT2D eigenvalue weighted by Crippen LogP contribution is 2.29. The summed E-state index contributed by atoms with van der Waals surface area (Å²) in [5, 5.41) is 1.07. The van der Waals surface area contributed by atoms with Crippen molar-refractivity contribution in [3.05, 3.63) is 60.3 Å². The Bertz CT molecular complexity index is 1020. The van der Waals surface area contributed by atoms with Gasteiger partial charge in [0.2, 0.25) is 5.91 Å². The van der Waals surface area contributed by atoms with Crippen LogP contribution in [-0.2, 0) is 11.2 Å². The van der Waals surface area contributed by atoms with Crippen molar-refractivity contribution in [1.82, 2.24) is 9.88 Å². The van der Waals surface area contributed by atoms with Gasteiger partial charge in [0.05, 0.1) is 20.6 Å². The fraction of sp³-hybridized carbons (Fsp3) is 0.333. The lowest BCUT2D eigenvalue weighted by molar-refractivity contribution is -0.132. The van der Waals surface area contributed by atoms with Crippen LogP contribution in [0.4, 0.5) is 0 Å². The van der Waals surface area contributed by atoms with Gasteiger partial charge in [-0.2, -0.15) is 0 Å². The zero-order valence-corrected chi connectivity index (χ0v) is 17.3. The number of para-hydroxylation sites is 1. The van der Waals surface area contributed by atoms with E-state index in [0.29, 0.717) is 31.0 Å². The van der Waals surface area contributed by atoms with E-state index in [4.69, 9.17) is 14.2 Å². The van der Waals surface area contributed by atoms with Crippen molar-refractivity contribution in [3.8, 4) is 17.2 Å². The standard InChI is InChI=1S/C24H26N2O4/c1-28-20-9-8-17(15-22(20)29-2)16-23(27)26-13-10-19(11-14-26)30-21-7-3-5-18-6-4-12-25-24(18)21/h3-9,12,15,19H,10-11,13-14,16H2,1-2H3. The third kappa shape index (κ3) is 4.32. The van der Waals surface area contributed by atoms with Crippen molar-refractivity contribution in [2.24, 2.45) is 0 Å². The first kappa shape index (κ1) is 20.0. The molecule has 0 N–H and O–H groups in total. The molecular weight excluding hydrogens is 380 g/mol. The molecule has 6 nitrogen and oxygen atoms in total. The molecule has 0 spiro atoms. The van der Waals surface area contributed by atoms with E-state index in [0.717, 1.165) is 35.1 Å². The second-order valence-corrected chi connectivity index (χ2v) is 7.40. The van der Waals surface area contributed by atoms with E-state index in [9.17, 15) is 4.79 Å². The van der Waals surface area contributed by atoms with Crippen LogP contribution in [0.1, 0.15) is 18.4 Å². The number of likely N-dealkylation sites (tertiary alicyclic amines) is 1. The molecule has 1 aliphatic heterocycles. The summed E-state index contributed by atoms with van der Waals surface area (Å²) in [7, 11) is 3.20. The molecule has 1 aliphatic rings. The molecule has 1 saturated heterocycles. The van der Waals surface area contributed by atoms with Crippen molar-refractivity contribution in [2.45, 2.75) is 25.4 Å². The van der Waals surface area contributed by atoms with Gasteiger partial charge in [-0.15, -0.1) is 0 Å². The summed E-state index contributed by atoms with van der Waals surface area (Å²) in [5.41, 5.74) is 1.80.